The summed E-state index contributed by atoms with van der Waals surface area (Å²) in [5, 5.41) is 10.3. The fourth-order valence-corrected chi connectivity index (χ4v) is 5.85. The molecule has 4 rings (SSSR count). The molecule has 0 amide bonds. The van der Waals surface area contributed by atoms with E-state index in [9.17, 15) is 5.11 Å². The first-order chi connectivity index (χ1) is 6.94. The molecule has 4 aliphatic rings. The first-order valence-electron chi connectivity index (χ1n) is 5.68. The lowest BCUT2D eigenvalue weighted by molar-refractivity contribution is -0.307. The molecule has 2 aliphatic heterocycles. The third kappa shape index (κ3) is 0.832. The van der Waals surface area contributed by atoms with Crippen LogP contribution in [0.25, 0.3) is 0 Å². The van der Waals surface area contributed by atoms with Crippen molar-refractivity contribution in [3.8, 4) is 0 Å². The smallest absolute Gasteiger partial charge is 0.172 e. The molecule has 4 fully saturated rings. The van der Waals surface area contributed by atoms with Gasteiger partial charge in [0.15, 0.2) is 11.6 Å². The third-order valence-electron chi connectivity index (χ3n) is 5.00. The molecule has 0 aromatic rings. The molecular formula is C11H15BrO3. The van der Waals surface area contributed by atoms with Crippen LogP contribution >= 0.6 is 15.9 Å². The quantitative estimate of drug-likeness (QED) is 0.681. The van der Waals surface area contributed by atoms with Crippen molar-refractivity contribution < 1.29 is 14.6 Å². The number of halogens is 1. The molecule has 2 aliphatic carbocycles. The number of aliphatic hydroxyl groups is 1. The van der Waals surface area contributed by atoms with Crippen LogP contribution in [0, 0.1) is 23.7 Å². The predicted octanol–water partition coefficient (Wildman–Crippen LogP) is 1.49. The molecule has 2 saturated heterocycles. The largest absolute Gasteiger partial charge is 0.365 e. The monoisotopic (exact) mass is 274 g/mol. The van der Waals surface area contributed by atoms with Gasteiger partial charge in [0.2, 0.25) is 0 Å². The second-order valence-electron chi connectivity index (χ2n) is 5.81. The Morgan fingerprint density at radius 2 is 2.00 bits per heavy atom. The highest BCUT2D eigenvalue weighted by Crippen LogP contribution is 2.71. The van der Waals surface area contributed by atoms with Gasteiger partial charge in [-0.15, -0.1) is 0 Å². The Kier molecular flexibility index (Phi) is 1.44. The number of rotatable bonds is 0. The van der Waals surface area contributed by atoms with E-state index in [4.69, 9.17) is 9.47 Å². The summed E-state index contributed by atoms with van der Waals surface area (Å²) in [4.78, 5) is 0.404. The average Bonchev–Trinajstić information content (AvgIpc) is 2.70. The maximum absolute atomic E-state index is 10.3. The van der Waals surface area contributed by atoms with E-state index in [2.05, 4.69) is 15.9 Å². The van der Waals surface area contributed by atoms with Crippen LogP contribution in [0.3, 0.4) is 0 Å². The van der Waals surface area contributed by atoms with Crippen molar-refractivity contribution in [3.05, 3.63) is 0 Å². The molecule has 15 heavy (non-hydrogen) atoms. The van der Waals surface area contributed by atoms with Gasteiger partial charge in [0, 0.05) is 16.7 Å². The van der Waals surface area contributed by atoms with Gasteiger partial charge in [-0.1, -0.05) is 15.9 Å². The lowest BCUT2D eigenvalue weighted by atomic mass is 9.75. The van der Waals surface area contributed by atoms with E-state index in [1.54, 1.807) is 6.92 Å². The van der Waals surface area contributed by atoms with Crippen molar-refractivity contribution in [1.82, 2.24) is 0 Å². The minimum atomic E-state index is -1.00. The molecule has 4 heteroatoms. The second kappa shape index (κ2) is 2.30. The number of hydrogen-bond acceptors (Lipinski definition) is 3. The highest BCUT2D eigenvalue weighted by atomic mass is 79.9. The summed E-state index contributed by atoms with van der Waals surface area (Å²) >= 11 is 3.73. The van der Waals surface area contributed by atoms with Gasteiger partial charge in [0.05, 0.1) is 6.10 Å². The molecule has 0 radical (unpaired) electrons. The Morgan fingerprint density at radius 1 is 1.27 bits per heavy atom. The van der Waals surface area contributed by atoms with Crippen molar-refractivity contribution in [2.75, 3.05) is 0 Å². The molecule has 0 unspecified atom stereocenters. The molecule has 84 valence electrons. The number of hydrogen-bond donors (Lipinski definition) is 1. The van der Waals surface area contributed by atoms with Crippen LogP contribution in [-0.2, 0) is 9.47 Å². The molecule has 2 heterocycles. The lowest BCUT2D eigenvalue weighted by Crippen LogP contribution is -2.44. The van der Waals surface area contributed by atoms with Gasteiger partial charge >= 0.3 is 0 Å². The van der Waals surface area contributed by atoms with Gasteiger partial charge < -0.3 is 14.6 Å². The minimum absolute atomic E-state index is 0.246. The summed E-state index contributed by atoms with van der Waals surface area (Å²) in [6, 6.07) is 0. The molecular weight excluding hydrogens is 260 g/mol. The molecule has 3 nitrogen and oxygen atoms in total. The zero-order valence-corrected chi connectivity index (χ0v) is 10.4. The molecule has 8 atom stereocenters. The zero-order chi connectivity index (χ0) is 10.6. The van der Waals surface area contributed by atoms with Gasteiger partial charge in [-0.3, -0.25) is 0 Å². The summed E-state index contributed by atoms with van der Waals surface area (Å²) in [5.74, 6) is 0.205. The van der Waals surface area contributed by atoms with E-state index in [0.29, 0.717) is 28.7 Å². The Bertz CT molecular complexity index is 345. The minimum Gasteiger partial charge on any atom is -0.365 e. The maximum Gasteiger partial charge on any atom is 0.172 e. The lowest BCUT2D eigenvalue weighted by Gasteiger charge is -2.35. The van der Waals surface area contributed by atoms with Crippen molar-refractivity contribution >= 4 is 15.9 Å². The van der Waals surface area contributed by atoms with E-state index in [-0.39, 0.29) is 5.92 Å². The van der Waals surface area contributed by atoms with E-state index < -0.39 is 11.6 Å². The van der Waals surface area contributed by atoms with E-state index >= 15 is 0 Å². The molecule has 0 spiro atoms. The summed E-state index contributed by atoms with van der Waals surface area (Å²) in [6.07, 6.45) is 1.49. The van der Waals surface area contributed by atoms with Crippen LogP contribution in [0.1, 0.15) is 20.3 Å². The van der Waals surface area contributed by atoms with Crippen LogP contribution in [0.15, 0.2) is 0 Å². The number of fused-ring (bicyclic) bond motifs is 2. The van der Waals surface area contributed by atoms with Crippen molar-refractivity contribution in [2.24, 2.45) is 23.7 Å². The van der Waals surface area contributed by atoms with Gasteiger partial charge in [0.1, 0.15) is 0 Å². The van der Waals surface area contributed by atoms with Crippen LogP contribution in [0.5, 0.6) is 0 Å². The third-order valence-corrected chi connectivity index (χ3v) is 6.20. The normalized spacial score (nSPS) is 74.4. The Labute approximate surface area is 97.3 Å². The predicted molar refractivity (Wildman–Crippen MR) is 56.3 cm³/mol. The molecule has 2 saturated carbocycles. The zero-order valence-electron chi connectivity index (χ0n) is 8.81. The molecule has 0 aromatic carbocycles. The van der Waals surface area contributed by atoms with Crippen LogP contribution in [-0.4, -0.2) is 27.6 Å². The van der Waals surface area contributed by atoms with E-state index in [0.717, 1.165) is 0 Å². The van der Waals surface area contributed by atoms with Crippen LogP contribution < -0.4 is 0 Å². The second-order valence-corrected chi connectivity index (χ2v) is 6.87. The summed E-state index contributed by atoms with van der Waals surface area (Å²) in [5.41, 5.74) is 0. The molecule has 0 aromatic heterocycles. The first-order valence-corrected chi connectivity index (χ1v) is 6.60. The fourth-order valence-electron chi connectivity index (χ4n) is 4.80. The number of ether oxygens (including phenoxy) is 2. The van der Waals surface area contributed by atoms with Gasteiger partial charge in [0.25, 0.3) is 0 Å². The maximum atomic E-state index is 10.3. The average molecular weight is 275 g/mol. The van der Waals surface area contributed by atoms with Gasteiger partial charge in [-0.2, -0.15) is 0 Å². The highest BCUT2D eigenvalue weighted by Gasteiger charge is 2.77. The van der Waals surface area contributed by atoms with E-state index in [1.165, 1.54) is 6.42 Å². The Morgan fingerprint density at radius 3 is 2.73 bits per heavy atom. The molecule has 1 N–H and O–H groups in total. The van der Waals surface area contributed by atoms with Crippen molar-refractivity contribution in [1.29, 1.82) is 0 Å². The summed E-state index contributed by atoms with van der Waals surface area (Å²) in [7, 11) is 0. The van der Waals surface area contributed by atoms with Gasteiger partial charge in [-0.25, -0.2) is 0 Å². The van der Waals surface area contributed by atoms with Crippen LogP contribution in [0.2, 0.25) is 0 Å². The first kappa shape index (κ1) is 9.40. The fraction of sp³-hybridized carbons (Fsp3) is 1.00. The summed E-state index contributed by atoms with van der Waals surface area (Å²) in [6.45, 7) is 3.78. The standard InChI is InChI=1S/C11H15BrO3/c1-10(13)6-4-3-5-7(6)11(2,15-10)14-9(5)8(4)12/h4-9,13H,3H2,1-2H3/t4-,5+,6+,7+,8-,9-,10-,11-/m0/s1. The van der Waals surface area contributed by atoms with Crippen molar-refractivity contribution in [2.45, 2.75) is 42.8 Å². The Balaban J connectivity index is 1.90. The number of alkyl halides is 1. The topological polar surface area (TPSA) is 38.7 Å². The highest BCUT2D eigenvalue weighted by molar-refractivity contribution is 9.09. The van der Waals surface area contributed by atoms with Crippen molar-refractivity contribution in [3.63, 3.8) is 0 Å². The van der Waals surface area contributed by atoms with Gasteiger partial charge in [-0.05, 0) is 32.1 Å². The summed E-state index contributed by atoms with van der Waals surface area (Å²) < 4.78 is 11.8. The van der Waals surface area contributed by atoms with Crippen LogP contribution in [0.4, 0.5) is 0 Å². The Hall–Kier alpha value is 0.360. The van der Waals surface area contributed by atoms with E-state index in [1.807, 2.05) is 6.92 Å². The SMILES string of the molecule is C[C@@]12O[C@@H]3[C@@H](Br)[C@H]4C[C@@H]3[C@@H]1[C@@H]4[C@@](C)(O)O2. The molecule has 2 bridgehead atoms.